The first-order chi connectivity index (χ1) is 11.3. The van der Waals surface area contributed by atoms with Crippen LogP contribution in [0.3, 0.4) is 0 Å². The van der Waals surface area contributed by atoms with Gasteiger partial charge >= 0.3 is 5.97 Å². The summed E-state index contributed by atoms with van der Waals surface area (Å²) in [7, 11) is 0. The van der Waals surface area contributed by atoms with E-state index in [0.29, 0.717) is 18.1 Å². The molecule has 0 spiro atoms. The summed E-state index contributed by atoms with van der Waals surface area (Å²) in [6.07, 6.45) is 5.74. The van der Waals surface area contributed by atoms with Gasteiger partial charge in [-0.3, -0.25) is 0 Å². The molecular formula is C17H20N4O2. The van der Waals surface area contributed by atoms with Crippen LogP contribution in [0.4, 0.5) is 11.6 Å². The minimum absolute atomic E-state index is 0.158. The van der Waals surface area contributed by atoms with E-state index in [1.807, 2.05) is 24.3 Å². The number of hydrogen-bond acceptors (Lipinski definition) is 6. The van der Waals surface area contributed by atoms with Crippen molar-refractivity contribution in [1.29, 1.82) is 0 Å². The molecule has 1 aromatic heterocycles. The van der Waals surface area contributed by atoms with Gasteiger partial charge in [-0.15, -0.1) is 0 Å². The van der Waals surface area contributed by atoms with Crippen molar-refractivity contribution >= 4 is 17.6 Å². The molecule has 1 fully saturated rings. The number of hydrogen-bond donors (Lipinski definition) is 1. The fourth-order valence-electron chi connectivity index (χ4n) is 2.75. The number of anilines is 2. The van der Waals surface area contributed by atoms with Crippen LogP contribution in [0.15, 0.2) is 42.7 Å². The number of carbonyl (C=O) groups excluding carboxylic acids is 1. The van der Waals surface area contributed by atoms with E-state index in [-0.39, 0.29) is 12.1 Å². The molecule has 1 saturated heterocycles. The van der Waals surface area contributed by atoms with Crippen molar-refractivity contribution in [3.63, 3.8) is 0 Å². The highest BCUT2D eigenvalue weighted by atomic mass is 16.5. The molecule has 0 saturated carbocycles. The third kappa shape index (κ3) is 3.59. The van der Waals surface area contributed by atoms with Gasteiger partial charge in [0.2, 0.25) is 5.95 Å². The second kappa shape index (κ2) is 7.09. The lowest BCUT2D eigenvalue weighted by molar-refractivity contribution is 0.0526. The first-order valence-corrected chi connectivity index (χ1v) is 7.85. The van der Waals surface area contributed by atoms with Crippen LogP contribution < -0.4 is 10.2 Å². The summed E-state index contributed by atoms with van der Waals surface area (Å²) in [5.41, 5.74) is 1.65. The van der Waals surface area contributed by atoms with Crippen molar-refractivity contribution in [2.45, 2.75) is 25.9 Å². The number of carbonyl (C=O) groups is 1. The largest absolute Gasteiger partial charge is 0.462 e. The van der Waals surface area contributed by atoms with Gasteiger partial charge in [0.1, 0.15) is 6.17 Å². The Morgan fingerprint density at radius 2 is 2.04 bits per heavy atom. The Hall–Kier alpha value is -2.63. The molecule has 3 rings (SSSR count). The molecule has 120 valence electrons. The van der Waals surface area contributed by atoms with Crippen molar-refractivity contribution in [1.82, 2.24) is 9.97 Å². The molecule has 0 amide bonds. The van der Waals surface area contributed by atoms with Gasteiger partial charge in [0, 0.05) is 24.6 Å². The number of esters is 1. The molecule has 1 aliphatic rings. The van der Waals surface area contributed by atoms with Gasteiger partial charge in [0.25, 0.3) is 0 Å². The van der Waals surface area contributed by atoms with E-state index in [9.17, 15) is 4.79 Å². The van der Waals surface area contributed by atoms with E-state index >= 15 is 0 Å². The molecular weight excluding hydrogens is 292 g/mol. The number of rotatable bonds is 5. The lowest BCUT2D eigenvalue weighted by Crippen LogP contribution is -2.36. The highest BCUT2D eigenvalue weighted by Crippen LogP contribution is 2.26. The van der Waals surface area contributed by atoms with Crippen LogP contribution in [0.5, 0.6) is 0 Å². The maximum absolute atomic E-state index is 11.7. The van der Waals surface area contributed by atoms with E-state index in [2.05, 4.69) is 20.2 Å². The van der Waals surface area contributed by atoms with Gasteiger partial charge in [-0.25, -0.2) is 14.8 Å². The monoisotopic (exact) mass is 312 g/mol. The molecule has 0 bridgehead atoms. The summed E-state index contributed by atoms with van der Waals surface area (Å²) in [4.78, 5) is 22.4. The molecule has 1 N–H and O–H groups in total. The number of nitrogens with zero attached hydrogens (tertiary/aromatic N) is 3. The van der Waals surface area contributed by atoms with Gasteiger partial charge < -0.3 is 15.0 Å². The lowest BCUT2D eigenvalue weighted by Gasteiger charge is -2.27. The normalized spacial score (nSPS) is 17.1. The Labute approximate surface area is 135 Å². The van der Waals surface area contributed by atoms with Gasteiger partial charge in [0.05, 0.1) is 12.2 Å². The molecule has 2 heterocycles. The van der Waals surface area contributed by atoms with Crippen molar-refractivity contribution in [2.75, 3.05) is 23.4 Å². The molecule has 1 aliphatic heterocycles. The minimum atomic E-state index is -0.284. The van der Waals surface area contributed by atoms with Crippen molar-refractivity contribution in [2.24, 2.45) is 0 Å². The van der Waals surface area contributed by atoms with Crippen molar-refractivity contribution < 1.29 is 9.53 Å². The van der Waals surface area contributed by atoms with Gasteiger partial charge in [-0.1, -0.05) is 0 Å². The van der Waals surface area contributed by atoms with E-state index in [4.69, 9.17) is 4.74 Å². The standard InChI is InChI=1S/C17H20N4O2/c1-2-23-16(22)13-6-8-14(9-7-13)21-12-3-5-15(21)20-17-18-10-4-11-19-17/h4,6-11,15H,2-3,5,12H2,1H3,(H,18,19,20)/t15-/m1/s1. The molecule has 1 aromatic carbocycles. The van der Waals surface area contributed by atoms with E-state index in [1.165, 1.54) is 0 Å². The van der Waals surface area contributed by atoms with Gasteiger partial charge in [0.15, 0.2) is 0 Å². The first-order valence-electron chi connectivity index (χ1n) is 7.85. The summed E-state index contributed by atoms with van der Waals surface area (Å²) in [6.45, 7) is 3.15. The van der Waals surface area contributed by atoms with Crippen LogP contribution >= 0.6 is 0 Å². The summed E-state index contributed by atoms with van der Waals surface area (Å²) < 4.78 is 5.01. The fraction of sp³-hybridized carbons (Fsp3) is 0.353. The molecule has 6 heteroatoms. The second-order valence-electron chi connectivity index (χ2n) is 5.34. The highest BCUT2D eigenvalue weighted by Gasteiger charge is 2.25. The van der Waals surface area contributed by atoms with Crippen LogP contribution in [-0.4, -0.2) is 35.3 Å². The smallest absolute Gasteiger partial charge is 0.338 e. The molecule has 0 unspecified atom stereocenters. The Morgan fingerprint density at radius 1 is 1.30 bits per heavy atom. The predicted octanol–water partition coefficient (Wildman–Crippen LogP) is 2.69. The molecule has 6 nitrogen and oxygen atoms in total. The van der Waals surface area contributed by atoms with E-state index < -0.39 is 0 Å². The minimum Gasteiger partial charge on any atom is -0.462 e. The van der Waals surface area contributed by atoms with E-state index in [1.54, 1.807) is 25.4 Å². The average molecular weight is 312 g/mol. The Kier molecular flexibility index (Phi) is 4.71. The molecule has 2 aromatic rings. The number of nitrogens with one attached hydrogen (secondary N) is 1. The summed E-state index contributed by atoms with van der Waals surface area (Å²) in [5, 5.41) is 3.36. The predicted molar refractivity (Wildman–Crippen MR) is 88.4 cm³/mol. The maximum Gasteiger partial charge on any atom is 0.338 e. The van der Waals surface area contributed by atoms with Crippen molar-refractivity contribution in [3.05, 3.63) is 48.3 Å². The number of ether oxygens (including phenoxy) is 1. The van der Waals surface area contributed by atoms with Crippen LogP contribution in [0.2, 0.25) is 0 Å². The zero-order valence-corrected chi connectivity index (χ0v) is 13.1. The third-order valence-corrected chi connectivity index (χ3v) is 3.82. The summed E-state index contributed by atoms with van der Waals surface area (Å²) in [5.74, 6) is 0.348. The highest BCUT2D eigenvalue weighted by molar-refractivity contribution is 5.89. The SMILES string of the molecule is CCOC(=O)c1ccc(N2CCC[C@@H]2Nc2ncccn2)cc1. The fourth-order valence-corrected chi connectivity index (χ4v) is 2.75. The van der Waals surface area contributed by atoms with Crippen LogP contribution in [0.1, 0.15) is 30.1 Å². The molecule has 1 atom stereocenters. The average Bonchev–Trinajstić information content (AvgIpc) is 3.04. The molecule has 0 radical (unpaired) electrons. The zero-order chi connectivity index (χ0) is 16.1. The number of benzene rings is 1. The Balaban J connectivity index is 1.71. The van der Waals surface area contributed by atoms with Gasteiger partial charge in [-0.05, 0) is 50.1 Å². The van der Waals surface area contributed by atoms with Gasteiger partial charge in [-0.2, -0.15) is 0 Å². The zero-order valence-electron chi connectivity index (χ0n) is 13.1. The molecule has 0 aliphatic carbocycles. The van der Waals surface area contributed by atoms with Crippen LogP contribution in [0, 0.1) is 0 Å². The summed E-state index contributed by atoms with van der Waals surface area (Å²) >= 11 is 0. The topological polar surface area (TPSA) is 67.3 Å². The first kappa shape index (κ1) is 15.3. The summed E-state index contributed by atoms with van der Waals surface area (Å²) in [6, 6.07) is 9.32. The van der Waals surface area contributed by atoms with Crippen LogP contribution in [0.25, 0.3) is 0 Å². The second-order valence-corrected chi connectivity index (χ2v) is 5.34. The number of aromatic nitrogens is 2. The van der Waals surface area contributed by atoms with Crippen molar-refractivity contribution in [3.8, 4) is 0 Å². The van der Waals surface area contributed by atoms with E-state index in [0.717, 1.165) is 25.1 Å². The lowest BCUT2D eigenvalue weighted by atomic mass is 10.2. The molecule has 23 heavy (non-hydrogen) atoms. The third-order valence-electron chi connectivity index (χ3n) is 3.82. The van der Waals surface area contributed by atoms with Crippen LogP contribution in [-0.2, 0) is 4.74 Å². The maximum atomic E-state index is 11.7. The quantitative estimate of drug-likeness (QED) is 0.856. The Bertz CT molecular complexity index is 645. The Morgan fingerprint density at radius 3 is 2.74 bits per heavy atom.